The van der Waals surface area contributed by atoms with Crippen molar-refractivity contribution in [3.8, 4) is 0 Å². The molecule has 4 nitrogen and oxygen atoms in total. The van der Waals surface area contributed by atoms with Gasteiger partial charge >= 0.3 is 0 Å². The van der Waals surface area contributed by atoms with Gasteiger partial charge in [0.25, 0.3) is 0 Å². The molecule has 0 bridgehead atoms. The Hall–Kier alpha value is -1.04. The van der Waals surface area contributed by atoms with E-state index >= 15 is 0 Å². The first kappa shape index (κ1) is 17.3. The zero-order valence-corrected chi connectivity index (χ0v) is 15.3. The van der Waals surface area contributed by atoms with E-state index in [1.165, 1.54) is 0 Å². The number of nitrogens with two attached hydrogens (primary N) is 1. The van der Waals surface area contributed by atoms with E-state index in [4.69, 9.17) is 17.3 Å². The second kappa shape index (κ2) is 6.60. The highest BCUT2D eigenvalue weighted by molar-refractivity contribution is 7.99. The molecule has 0 radical (unpaired) electrons. The Morgan fingerprint density at radius 3 is 2.64 bits per heavy atom. The molecule has 2 aromatic heterocycles. The molecule has 22 heavy (non-hydrogen) atoms. The molecule has 6 heteroatoms. The van der Waals surface area contributed by atoms with E-state index in [9.17, 15) is 0 Å². The van der Waals surface area contributed by atoms with Crippen LogP contribution < -0.4 is 5.73 Å². The number of aromatic nitrogens is 3. The monoisotopic (exact) mass is 338 g/mol. The van der Waals surface area contributed by atoms with E-state index in [1.807, 2.05) is 31.5 Å². The molecule has 0 aliphatic heterocycles. The highest BCUT2D eigenvalue weighted by Gasteiger charge is 2.28. The second-order valence-electron chi connectivity index (χ2n) is 6.03. The first-order chi connectivity index (χ1) is 10.2. The van der Waals surface area contributed by atoms with Crippen LogP contribution in [0.5, 0.6) is 0 Å². The van der Waals surface area contributed by atoms with Crippen molar-refractivity contribution in [1.82, 2.24) is 14.8 Å². The molecule has 0 saturated carbocycles. The quantitative estimate of drug-likeness (QED) is 0.830. The fraction of sp³-hybridized carbons (Fsp3) is 0.500. The van der Waals surface area contributed by atoms with Gasteiger partial charge in [-0.15, -0.1) is 11.8 Å². The number of aryl methyl sites for hydroxylation is 2. The van der Waals surface area contributed by atoms with E-state index in [-0.39, 0.29) is 6.04 Å². The highest BCUT2D eigenvalue weighted by Crippen LogP contribution is 2.34. The van der Waals surface area contributed by atoms with Gasteiger partial charge in [-0.3, -0.25) is 9.67 Å². The van der Waals surface area contributed by atoms with Crippen molar-refractivity contribution in [3.05, 3.63) is 46.0 Å². The minimum atomic E-state index is -0.527. The summed E-state index contributed by atoms with van der Waals surface area (Å²) in [5.41, 5.74) is 10.6. The van der Waals surface area contributed by atoms with Crippen LogP contribution >= 0.6 is 23.4 Å². The number of hydrogen-bond acceptors (Lipinski definition) is 4. The third-order valence-electron chi connectivity index (χ3n) is 3.48. The molecule has 120 valence electrons. The Kier molecular flexibility index (Phi) is 5.20. The summed E-state index contributed by atoms with van der Waals surface area (Å²) < 4.78 is 2.00. The van der Waals surface area contributed by atoms with Gasteiger partial charge < -0.3 is 5.73 Å². The van der Waals surface area contributed by atoms with Gasteiger partial charge in [-0.1, -0.05) is 11.6 Å². The van der Waals surface area contributed by atoms with Crippen molar-refractivity contribution >= 4 is 23.4 Å². The lowest BCUT2D eigenvalue weighted by atomic mass is 10.2. The SMILES string of the molecule is Cc1cc(C(C)(N)SCc2cc(C)c(Cl)cn2)n(C(C)C)n1. The first-order valence-electron chi connectivity index (χ1n) is 7.31. The maximum atomic E-state index is 6.55. The fourth-order valence-corrected chi connectivity index (χ4v) is 3.26. The molecule has 0 saturated heterocycles. The number of rotatable bonds is 5. The molecule has 0 amide bonds. The van der Waals surface area contributed by atoms with Crippen molar-refractivity contribution in [2.45, 2.75) is 51.3 Å². The first-order valence-corrected chi connectivity index (χ1v) is 8.67. The van der Waals surface area contributed by atoms with E-state index in [2.05, 4.69) is 30.0 Å². The van der Waals surface area contributed by atoms with E-state index < -0.39 is 4.87 Å². The lowest BCUT2D eigenvalue weighted by Gasteiger charge is -2.26. The van der Waals surface area contributed by atoms with Crippen LogP contribution in [0.1, 0.15) is 49.5 Å². The van der Waals surface area contributed by atoms with Gasteiger partial charge in [0.15, 0.2) is 0 Å². The molecule has 0 aliphatic carbocycles. The number of pyridine rings is 1. The van der Waals surface area contributed by atoms with Crippen molar-refractivity contribution in [1.29, 1.82) is 0 Å². The highest BCUT2D eigenvalue weighted by atomic mass is 35.5. The summed E-state index contributed by atoms with van der Waals surface area (Å²) in [4.78, 5) is 3.84. The van der Waals surface area contributed by atoms with Crippen molar-refractivity contribution in [2.24, 2.45) is 5.73 Å². The van der Waals surface area contributed by atoms with Crippen LogP contribution in [0.4, 0.5) is 0 Å². The molecule has 2 N–H and O–H groups in total. The number of thioether (sulfide) groups is 1. The van der Waals surface area contributed by atoms with Crippen LogP contribution in [-0.2, 0) is 10.6 Å². The normalized spacial score (nSPS) is 14.4. The molecule has 2 heterocycles. The molecule has 0 aromatic carbocycles. The molecule has 0 spiro atoms. The fourth-order valence-electron chi connectivity index (χ4n) is 2.26. The van der Waals surface area contributed by atoms with Crippen LogP contribution in [0.2, 0.25) is 5.02 Å². The lowest BCUT2D eigenvalue weighted by molar-refractivity contribution is 0.480. The van der Waals surface area contributed by atoms with Crippen LogP contribution in [0, 0.1) is 13.8 Å². The van der Waals surface area contributed by atoms with Crippen LogP contribution in [0.25, 0.3) is 0 Å². The maximum Gasteiger partial charge on any atom is 0.102 e. The Morgan fingerprint density at radius 1 is 1.36 bits per heavy atom. The Bertz CT molecular complexity index is 664. The van der Waals surface area contributed by atoms with Gasteiger partial charge in [-0.25, -0.2) is 0 Å². The average molecular weight is 339 g/mol. The number of hydrogen-bond donors (Lipinski definition) is 1. The standard InChI is InChI=1S/C16H23ClN4S/c1-10(2)21-15(7-12(4)20-21)16(5,18)22-9-13-6-11(3)14(17)8-19-13/h6-8,10H,9,18H2,1-5H3. The molecule has 1 atom stereocenters. The van der Waals surface area contributed by atoms with Crippen molar-refractivity contribution in [3.63, 3.8) is 0 Å². The molecule has 2 rings (SSSR count). The largest absolute Gasteiger partial charge is 0.312 e. The summed E-state index contributed by atoms with van der Waals surface area (Å²) in [5, 5.41) is 5.24. The predicted octanol–water partition coefficient (Wildman–Crippen LogP) is 4.19. The van der Waals surface area contributed by atoms with Crippen molar-refractivity contribution in [2.75, 3.05) is 0 Å². The Morgan fingerprint density at radius 2 is 2.05 bits per heavy atom. The Balaban J connectivity index is 2.18. The predicted molar refractivity (Wildman–Crippen MR) is 94.2 cm³/mol. The second-order valence-corrected chi connectivity index (χ2v) is 7.86. The summed E-state index contributed by atoms with van der Waals surface area (Å²) in [5.74, 6) is 0.729. The lowest BCUT2D eigenvalue weighted by Crippen LogP contribution is -2.32. The number of halogens is 1. The van der Waals surface area contributed by atoms with Gasteiger partial charge in [0.05, 0.1) is 22.1 Å². The van der Waals surface area contributed by atoms with E-state index in [1.54, 1.807) is 18.0 Å². The van der Waals surface area contributed by atoms with Gasteiger partial charge in [0.1, 0.15) is 4.87 Å². The van der Waals surface area contributed by atoms with Crippen LogP contribution in [-0.4, -0.2) is 14.8 Å². The van der Waals surface area contributed by atoms with E-state index in [0.717, 1.165) is 28.4 Å². The van der Waals surface area contributed by atoms with Crippen molar-refractivity contribution < 1.29 is 0 Å². The summed E-state index contributed by atoms with van der Waals surface area (Å²) in [7, 11) is 0. The van der Waals surface area contributed by atoms with Gasteiger partial charge in [0.2, 0.25) is 0 Å². The molecular formula is C16H23ClN4S. The Labute approximate surface area is 141 Å². The molecule has 2 aromatic rings. The smallest absolute Gasteiger partial charge is 0.102 e. The summed E-state index contributed by atoms with van der Waals surface area (Å²) in [6, 6.07) is 4.35. The average Bonchev–Trinajstić information content (AvgIpc) is 2.83. The van der Waals surface area contributed by atoms with Crippen LogP contribution in [0.15, 0.2) is 18.3 Å². The topological polar surface area (TPSA) is 56.7 Å². The number of nitrogens with zero attached hydrogens (tertiary/aromatic N) is 3. The molecule has 1 unspecified atom stereocenters. The third-order valence-corrected chi connectivity index (χ3v) is 5.12. The molecular weight excluding hydrogens is 316 g/mol. The molecule has 0 aliphatic rings. The third kappa shape index (κ3) is 3.83. The van der Waals surface area contributed by atoms with Gasteiger partial charge in [0, 0.05) is 18.0 Å². The minimum absolute atomic E-state index is 0.281. The summed E-state index contributed by atoms with van der Waals surface area (Å²) in [6.45, 7) is 10.2. The van der Waals surface area contributed by atoms with Gasteiger partial charge in [-0.05, 0) is 52.3 Å². The summed E-state index contributed by atoms with van der Waals surface area (Å²) >= 11 is 7.68. The summed E-state index contributed by atoms with van der Waals surface area (Å²) in [6.07, 6.45) is 1.70. The minimum Gasteiger partial charge on any atom is -0.312 e. The zero-order chi connectivity index (χ0) is 16.5. The van der Waals surface area contributed by atoms with Crippen LogP contribution in [0.3, 0.4) is 0 Å². The zero-order valence-electron chi connectivity index (χ0n) is 13.7. The maximum absolute atomic E-state index is 6.55. The van der Waals surface area contributed by atoms with E-state index in [0.29, 0.717) is 5.02 Å². The molecule has 0 fully saturated rings. The van der Waals surface area contributed by atoms with Gasteiger partial charge in [-0.2, -0.15) is 5.10 Å².